The number of methoxy groups -OCH3 is 1. The summed E-state index contributed by atoms with van der Waals surface area (Å²) in [6.45, 7) is 2.12. The summed E-state index contributed by atoms with van der Waals surface area (Å²) >= 11 is 1.20. The summed E-state index contributed by atoms with van der Waals surface area (Å²) in [5, 5.41) is 5.42. The Morgan fingerprint density at radius 2 is 1.84 bits per heavy atom. The predicted octanol–water partition coefficient (Wildman–Crippen LogP) is 5.51. The first-order valence-corrected chi connectivity index (χ1v) is 11.0. The molecule has 0 radical (unpaired) electrons. The monoisotopic (exact) mass is 447 g/mol. The Hall–Kier alpha value is -3.71. The van der Waals surface area contributed by atoms with Crippen LogP contribution in [0.25, 0.3) is 22.1 Å². The van der Waals surface area contributed by atoms with Gasteiger partial charge in [-0.1, -0.05) is 55.8 Å². The summed E-state index contributed by atoms with van der Waals surface area (Å²) in [7, 11) is 1.29. The molecule has 4 rings (SSSR count). The predicted molar refractivity (Wildman–Crippen MR) is 126 cm³/mol. The lowest BCUT2D eigenvalue weighted by Crippen LogP contribution is -2.21. The number of nitrogens with one attached hydrogen (secondary N) is 1. The second kappa shape index (κ2) is 9.20. The van der Waals surface area contributed by atoms with Crippen molar-refractivity contribution in [2.24, 2.45) is 0 Å². The topological polar surface area (TPSA) is 85.6 Å². The number of ether oxygens (including phenoxy) is 1. The van der Waals surface area contributed by atoms with Crippen molar-refractivity contribution in [3.05, 3.63) is 87.1 Å². The minimum Gasteiger partial charge on any atom is -0.465 e. The van der Waals surface area contributed by atoms with Crippen LogP contribution in [0.3, 0.4) is 0 Å². The molecule has 7 heteroatoms. The smallest absolute Gasteiger partial charge is 0.349 e. The fraction of sp³-hybridized carbons (Fsp3) is 0.160. The van der Waals surface area contributed by atoms with E-state index in [1.54, 1.807) is 29.6 Å². The minimum absolute atomic E-state index is 0.140. The van der Waals surface area contributed by atoms with Crippen LogP contribution in [-0.4, -0.2) is 19.0 Å². The number of anilines is 1. The van der Waals surface area contributed by atoms with Crippen molar-refractivity contribution in [3.63, 3.8) is 0 Å². The Labute approximate surface area is 188 Å². The normalized spacial score (nSPS) is 10.8. The van der Waals surface area contributed by atoms with Gasteiger partial charge in [0.25, 0.3) is 5.91 Å². The van der Waals surface area contributed by atoms with Gasteiger partial charge in [0.1, 0.15) is 21.7 Å². The average Bonchev–Trinajstić information content (AvgIpc) is 3.22. The number of carbonyl (C=O) groups is 2. The van der Waals surface area contributed by atoms with Gasteiger partial charge in [-0.25, -0.2) is 9.59 Å². The molecule has 0 unspecified atom stereocenters. The number of rotatable bonds is 6. The van der Waals surface area contributed by atoms with Crippen LogP contribution in [0, 0.1) is 0 Å². The van der Waals surface area contributed by atoms with Gasteiger partial charge in [-0.15, -0.1) is 11.3 Å². The molecule has 0 fully saturated rings. The first-order chi connectivity index (χ1) is 15.5. The summed E-state index contributed by atoms with van der Waals surface area (Å²) in [4.78, 5) is 37.8. The van der Waals surface area contributed by atoms with Gasteiger partial charge in [-0.2, -0.15) is 0 Å². The summed E-state index contributed by atoms with van der Waals surface area (Å²) in [5.74, 6) is -1.22. The molecule has 0 spiro atoms. The second-order valence-corrected chi connectivity index (χ2v) is 8.11. The SMILES string of the molecule is CCCc1ccc(-c2csc(NC(=O)c3cc4ccccc4oc3=O)c2C(=O)OC)cc1. The lowest BCUT2D eigenvalue weighted by molar-refractivity contribution is 0.0603. The standard InChI is InChI=1S/C25H21NO5S/c1-3-6-15-9-11-16(12-10-15)19-14-32-23(21(19)25(29)30-2)26-22(27)18-13-17-7-4-5-8-20(17)31-24(18)28/h4-5,7-14H,3,6H2,1-2H3,(H,26,27). The van der Waals surface area contributed by atoms with E-state index in [0.29, 0.717) is 21.5 Å². The fourth-order valence-corrected chi connectivity index (χ4v) is 4.45. The maximum absolute atomic E-state index is 12.9. The van der Waals surface area contributed by atoms with Crippen molar-refractivity contribution in [2.45, 2.75) is 19.8 Å². The van der Waals surface area contributed by atoms with Crippen molar-refractivity contribution in [2.75, 3.05) is 12.4 Å². The third-order valence-corrected chi connectivity index (χ3v) is 5.99. The second-order valence-electron chi connectivity index (χ2n) is 7.23. The van der Waals surface area contributed by atoms with Gasteiger partial charge >= 0.3 is 11.6 Å². The van der Waals surface area contributed by atoms with Gasteiger partial charge in [-0.3, -0.25) is 4.79 Å². The van der Waals surface area contributed by atoms with E-state index in [4.69, 9.17) is 9.15 Å². The van der Waals surface area contributed by atoms with Gasteiger partial charge in [0.05, 0.1) is 7.11 Å². The van der Waals surface area contributed by atoms with Gasteiger partial charge < -0.3 is 14.5 Å². The van der Waals surface area contributed by atoms with Crippen LogP contribution in [0.4, 0.5) is 5.00 Å². The highest BCUT2D eigenvalue weighted by atomic mass is 32.1. The molecule has 2 aromatic heterocycles. The molecule has 0 aliphatic carbocycles. The molecule has 162 valence electrons. The van der Waals surface area contributed by atoms with E-state index in [1.165, 1.54) is 30.1 Å². The molecule has 0 bridgehead atoms. The molecule has 32 heavy (non-hydrogen) atoms. The molecule has 2 heterocycles. The van der Waals surface area contributed by atoms with Crippen molar-refractivity contribution in [1.29, 1.82) is 0 Å². The molecule has 1 amide bonds. The first kappa shape index (κ1) is 21.5. The zero-order valence-corrected chi connectivity index (χ0v) is 18.5. The van der Waals surface area contributed by atoms with Crippen LogP contribution in [0.15, 0.2) is 69.2 Å². The molecule has 6 nitrogen and oxygen atoms in total. The largest absolute Gasteiger partial charge is 0.465 e. The van der Waals surface area contributed by atoms with Crippen LogP contribution >= 0.6 is 11.3 Å². The van der Waals surface area contributed by atoms with E-state index in [0.717, 1.165) is 18.4 Å². The molecule has 0 saturated heterocycles. The van der Waals surface area contributed by atoms with Crippen molar-refractivity contribution in [3.8, 4) is 11.1 Å². The fourth-order valence-electron chi connectivity index (χ4n) is 3.50. The molecule has 4 aromatic rings. The highest BCUT2D eigenvalue weighted by Gasteiger charge is 2.24. The number of thiophene rings is 1. The molecule has 0 atom stereocenters. The molecular formula is C25H21NO5S. The number of aryl methyl sites for hydroxylation is 1. The van der Waals surface area contributed by atoms with Crippen LogP contribution in [0.5, 0.6) is 0 Å². The Morgan fingerprint density at radius 3 is 2.56 bits per heavy atom. The van der Waals surface area contributed by atoms with E-state index in [9.17, 15) is 14.4 Å². The van der Waals surface area contributed by atoms with Crippen molar-refractivity contribution in [1.82, 2.24) is 0 Å². The zero-order valence-electron chi connectivity index (χ0n) is 17.6. The van der Waals surface area contributed by atoms with Crippen LogP contribution < -0.4 is 10.9 Å². The quantitative estimate of drug-likeness (QED) is 0.311. The average molecular weight is 448 g/mol. The number of amides is 1. The molecule has 2 aromatic carbocycles. The number of hydrogen-bond acceptors (Lipinski definition) is 6. The number of esters is 1. The van der Waals surface area contributed by atoms with E-state index in [2.05, 4.69) is 12.2 Å². The lowest BCUT2D eigenvalue weighted by Gasteiger charge is -2.08. The van der Waals surface area contributed by atoms with Crippen LogP contribution in [-0.2, 0) is 11.2 Å². The Kier molecular flexibility index (Phi) is 6.18. The molecule has 0 saturated carbocycles. The summed E-state index contributed by atoms with van der Waals surface area (Å²) in [5.41, 5.74) is 2.47. The minimum atomic E-state index is -0.746. The highest BCUT2D eigenvalue weighted by molar-refractivity contribution is 7.15. The van der Waals surface area contributed by atoms with Crippen LogP contribution in [0.2, 0.25) is 0 Å². The number of benzene rings is 2. The van der Waals surface area contributed by atoms with Gasteiger partial charge in [0, 0.05) is 16.3 Å². The Morgan fingerprint density at radius 1 is 1.09 bits per heavy atom. The van der Waals surface area contributed by atoms with E-state index >= 15 is 0 Å². The maximum Gasteiger partial charge on any atom is 0.349 e. The molecular weight excluding hydrogens is 426 g/mol. The third-order valence-electron chi connectivity index (χ3n) is 5.10. The Bertz CT molecular complexity index is 1350. The van der Waals surface area contributed by atoms with Gasteiger partial charge in [-0.05, 0) is 29.7 Å². The number of fused-ring (bicyclic) bond motifs is 1. The maximum atomic E-state index is 12.9. The van der Waals surface area contributed by atoms with E-state index in [-0.39, 0.29) is 11.1 Å². The number of hydrogen-bond donors (Lipinski definition) is 1. The van der Waals surface area contributed by atoms with Crippen molar-refractivity contribution >= 4 is 39.2 Å². The lowest BCUT2D eigenvalue weighted by atomic mass is 10.0. The number of carbonyl (C=O) groups excluding carboxylic acids is 2. The zero-order chi connectivity index (χ0) is 22.7. The summed E-state index contributed by atoms with van der Waals surface area (Å²) < 4.78 is 10.2. The van der Waals surface area contributed by atoms with E-state index < -0.39 is 17.5 Å². The van der Waals surface area contributed by atoms with Crippen LogP contribution in [0.1, 0.15) is 39.6 Å². The first-order valence-electron chi connectivity index (χ1n) is 10.1. The molecule has 0 aliphatic rings. The third kappa shape index (κ3) is 4.20. The van der Waals surface area contributed by atoms with Gasteiger partial charge in [0.2, 0.25) is 0 Å². The molecule has 0 aliphatic heterocycles. The summed E-state index contributed by atoms with van der Waals surface area (Å²) in [6, 6.07) is 16.4. The highest BCUT2D eigenvalue weighted by Crippen LogP contribution is 2.36. The van der Waals surface area contributed by atoms with E-state index in [1.807, 2.05) is 24.3 Å². The Balaban J connectivity index is 1.70. The van der Waals surface area contributed by atoms with Crippen molar-refractivity contribution < 1.29 is 18.7 Å². The summed E-state index contributed by atoms with van der Waals surface area (Å²) in [6.07, 6.45) is 2.02. The van der Waals surface area contributed by atoms with Gasteiger partial charge in [0.15, 0.2) is 0 Å². The molecule has 1 N–H and O–H groups in total. The number of para-hydroxylation sites is 1.